The Kier molecular flexibility index (Phi) is 7.24. The van der Waals surface area contributed by atoms with Gasteiger partial charge in [0.05, 0.1) is 6.54 Å². The lowest BCUT2D eigenvalue weighted by molar-refractivity contribution is -0.132. The smallest absolute Gasteiger partial charge is 0.330 e. The molecule has 10 heteroatoms. The van der Waals surface area contributed by atoms with Crippen molar-refractivity contribution in [2.24, 2.45) is 5.10 Å². The number of carbonyl (C=O) groups excluding carboxylic acids is 2. The first kappa shape index (κ1) is 23.0. The predicted molar refractivity (Wildman–Crippen MR) is 122 cm³/mol. The summed E-state index contributed by atoms with van der Waals surface area (Å²) in [7, 11) is 0. The lowest BCUT2D eigenvalue weighted by atomic mass is 10.1. The van der Waals surface area contributed by atoms with Crippen molar-refractivity contribution < 1.29 is 9.59 Å². The number of carbonyl (C=O) groups is 2. The molecule has 1 aromatic heterocycles. The Balaban J connectivity index is 1.95. The summed E-state index contributed by atoms with van der Waals surface area (Å²) < 4.78 is 1.27. The van der Waals surface area contributed by atoms with Gasteiger partial charge in [0.25, 0.3) is 11.5 Å². The van der Waals surface area contributed by atoms with Gasteiger partial charge < -0.3 is 5.73 Å². The minimum absolute atomic E-state index is 0.0592. The molecule has 32 heavy (non-hydrogen) atoms. The number of rotatable bonds is 8. The molecular formula is C22H28N6O4. The zero-order chi connectivity index (χ0) is 23.3. The van der Waals surface area contributed by atoms with Crippen LogP contribution in [0, 0.1) is 0 Å². The maximum absolute atomic E-state index is 13.3. The first-order valence-electron chi connectivity index (χ1n) is 10.7. The fourth-order valence-corrected chi connectivity index (χ4v) is 3.57. The van der Waals surface area contributed by atoms with E-state index in [2.05, 4.69) is 10.1 Å². The van der Waals surface area contributed by atoms with Crippen LogP contribution < -0.4 is 21.9 Å². The molecule has 0 bridgehead atoms. The fourth-order valence-electron chi connectivity index (χ4n) is 3.57. The molecule has 1 aromatic carbocycles. The number of nitrogens with one attached hydrogen (secondary N) is 1. The molecule has 2 heterocycles. The number of nitrogens with zero attached hydrogens (tertiary/aromatic N) is 4. The highest BCUT2D eigenvalue weighted by molar-refractivity contribution is 6.44. The van der Waals surface area contributed by atoms with Crippen molar-refractivity contribution in [3.63, 3.8) is 0 Å². The molecule has 0 unspecified atom stereocenters. The van der Waals surface area contributed by atoms with Crippen LogP contribution in [-0.4, -0.2) is 38.6 Å². The van der Waals surface area contributed by atoms with E-state index in [1.54, 1.807) is 6.92 Å². The van der Waals surface area contributed by atoms with Gasteiger partial charge in [0, 0.05) is 25.9 Å². The van der Waals surface area contributed by atoms with E-state index in [-0.39, 0.29) is 49.1 Å². The predicted octanol–water partition coefficient (Wildman–Crippen LogP) is 1.45. The molecular weight excluding hydrogens is 412 g/mol. The molecule has 0 saturated heterocycles. The fraction of sp³-hybridized carbons (Fsp3) is 0.409. The Morgan fingerprint density at radius 1 is 1.16 bits per heavy atom. The Morgan fingerprint density at radius 2 is 1.88 bits per heavy atom. The monoisotopic (exact) mass is 440 g/mol. The Bertz CT molecular complexity index is 1140. The molecule has 1 aliphatic rings. The van der Waals surface area contributed by atoms with Crippen LogP contribution in [0.15, 0.2) is 45.0 Å². The number of hydrazone groups is 1. The Hall–Kier alpha value is -3.69. The lowest BCUT2D eigenvalue weighted by Crippen LogP contribution is -2.45. The van der Waals surface area contributed by atoms with Crippen LogP contribution in [-0.2, 0) is 22.7 Å². The average molecular weight is 441 g/mol. The van der Waals surface area contributed by atoms with Crippen LogP contribution in [0.1, 0.15) is 45.1 Å². The summed E-state index contributed by atoms with van der Waals surface area (Å²) in [6.45, 7) is 4.39. The van der Waals surface area contributed by atoms with Gasteiger partial charge in [0.15, 0.2) is 5.69 Å². The number of hydrogen-bond donors (Lipinski definition) is 2. The van der Waals surface area contributed by atoms with E-state index in [1.807, 2.05) is 37.3 Å². The summed E-state index contributed by atoms with van der Waals surface area (Å²) in [5, 5.41) is 5.56. The van der Waals surface area contributed by atoms with Gasteiger partial charge in [-0.2, -0.15) is 5.10 Å². The molecule has 0 atom stereocenters. The van der Waals surface area contributed by atoms with Crippen molar-refractivity contribution in [1.82, 2.24) is 14.6 Å². The standard InChI is InChI=1S/C22H28N6O4/c1-3-5-13-27-19(23)18(20(30)24-22(27)32)26(4-2)21(31)16-11-12-17(29)28(25-16)14-15-9-7-6-8-10-15/h6-10H,3-5,11-14,23H2,1-2H3,(H,24,30,32). The molecule has 170 valence electrons. The third kappa shape index (κ3) is 4.79. The highest BCUT2D eigenvalue weighted by Gasteiger charge is 2.30. The number of hydrogen-bond acceptors (Lipinski definition) is 6. The number of nitrogens with two attached hydrogens (primary N) is 1. The molecule has 0 saturated carbocycles. The van der Waals surface area contributed by atoms with E-state index in [9.17, 15) is 19.2 Å². The van der Waals surface area contributed by atoms with E-state index in [1.165, 1.54) is 14.5 Å². The van der Waals surface area contributed by atoms with Gasteiger partial charge in [-0.15, -0.1) is 0 Å². The van der Waals surface area contributed by atoms with Gasteiger partial charge in [-0.05, 0) is 18.9 Å². The molecule has 3 rings (SSSR count). The topological polar surface area (TPSA) is 134 Å². The van der Waals surface area contributed by atoms with Crippen molar-refractivity contribution >= 4 is 29.0 Å². The van der Waals surface area contributed by atoms with Crippen LogP contribution in [0.2, 0.25) is 0 Å². The number of H-pyrrole nitrogens is 1. The van der Waals surface area contributed by atoms with Crippen LogP contribution in [0.25, 0.3) is 0 Å². The second kappa shape index (κ2) is 10.1. The number of unbranched alkanes of at least 4 members (excludes halogenated alkanes) is 1. The Morgan fingerprint density at radius 3 is 2.53 bits per heavy atom. The van der Waals surface area contributed by atoms with Crippen molar-refractivity contribution in [3.8, 4) is 0 Å². The highest BCUT2D eigenvalue weighted by Crippen LogP contribution is 2.20. The molecule has 0 fully saturated rings. The second-order valence-corrected chi connectivity index (χ2v) is 7.53. The average Bonchev–Trinajstić information content (AvgIpc) is 2.78. The van der Waals surface area contributed by atoms with Gasteiger partial charge in [0.2, 0.25) is 5.91 Å². The summed E-state index contributed by atoms with van der Waals surface area (Å²) in [6, 6.07) is 9.34. The van der Waals surface area contributed by atoms with E-state index < -0.39 is 17.2 Å². The molecule has 1 aliphatic heterocycles. The third-order valence-electron chi connectivity index (χ3n) is 5.31. The van der Waals surface area contributed by atoms with Gasteiger partial charge in [-0.25, -0.2) is 9.80 Å². The zero-order valence-electron chi connectivity index (χ0n) is 18.3. The van der Waals surface area contributed by atoms with Crippen LogP contribution in [0.4, 0.5) is 11.5 Å². The normalized spacial score (nSPS) is 13.8. The first-order chi connectivity index (χ1) is 15.4. The second-order valence-electron chi connectivity index (χ2n) is 7.53. The summed E-state index contributed by atoms with van der Waals surface area (Å²) in [5.41, 5.74) is 5.79. The minimum Gasteiger partial charge on any atom is -0.383 e. The van der Waals surface area contributed by atoms with Crippen molar-refractivity contribution in [3.05, 3.63) is 56.7 Å². The van der Waals surface area contributed by atoms with Gasteiger partial charge in [-0.3, -0.25) is 28.8 Å². The molecule has 0 radical (unpaired) electrons. The number of aromatic nitrogens is 2. The minimum atomic E-state index is -0.732. The van der Waals surface area contributed by atoms with Gasteiger partial charge in [-0.1, -0.05) is 43.7 Å². The maximum atomic E-state index is 13.3. The molecule has 0 spiro atoms. The maximum Gasteiger partial charge on any atom is 0.330 e. The quantitative estimate of drug-likeness (QED) is 0.641. The molecule has 3 N–H and O–H groups in total. The zero-order valence-corrected chi connectivity index (χ0v) is 18.3. The molecule has 0 aliphatic carbocycles. The summed E-state index contributed by atoms with van der Waals surface area (Å²) in [4.78, 5) is 53.9. The summed E-state index contributed by atoms with van der Waals surface area (Å²) in [6.07, 6.45) is 1.82. The van der Waals surface area contributed by atoms with E-state index in [0.717, 1.165) is 12.0 Å². The number of anilines is 2. The van der Waals surface area contributed by atoms with E-state index in [4.69, 9.17) is 5.73 Å². The third-order valence-corrected chi connectivity index (χ3v) is 5.31. The number of amides is 2. The number of benzene rings is 1. The number of nitrogen functional groups attached to an aromatic ring is 1. The highest BCUT2D eigenvalue weighted by atomic mass is 16.2. The lowest BCUT2D eigenvalue weighted by Gasteiger charge is -2.27. The molecule has 2 aromatic rings. The summed E-state index contributed by atoms with van der Waals surface area (Å²) in [5.74, 6) is -0.758. The van der Waals surface area contributed by atoms with Crippen LogP contribution >= 0.6 is 0 Å². The summed E-state index contributed by atoms with van der Waals surface area (Å²) >= 11 is 0. The number of aromatic amines is 1. The van der Waals surface area contributed by atoms with Crippen molar-refractivity contribution in [1.29, 1.82) is 0 Å². The molecule has 10 nitrogen and oxygen atoms in total. The van der Waals surface area contributed by atoms with Crippen molar-refractivity contribution in [2.45, 2.75) is 52.6 Å². The van der Waals surface area contributed by atoms with Crippen LogP contribution in [0.3, 0.4) is 0 Å². The van der Waals surface area contributed by atoms with E-state index >= 15 is 0 Å². The van der Waals surface area contributed by atoms with Crippen molar-refractivity contribution in [2.75, 3.05) is 17.2 Å². The van der Waals surface area contributed by atoms with E-state index in [0.29, 0.717) is 13.0 Å². The van der Waals surface area contributed by atoms with Gasteiger partial charge >= 0.3 is 5.69 Å². The first-order valence-corrected chi connectivity index (χ1v) is 10.7. The van der Waals surface area contributed by atoms with Gasteiger partial charge in [0.1, 0.15) is 11.5 Å². The SMILES string of the molecule is CCCCn1c(N)c(N(CC)C(=O)C2=NN(Cc3ccccc3)C(=O)CC2)c(=O)[nH]c1=O. The Labute approximate surface area is 185 Å². The molecule has 2 amide bonds. The largest absolute Gasteiger partial charge is 0.383 e. The van der Waals surface area contributed by atoms with Crippen LogP contribution in [0.5, 0.6) is 0 Å².